The van der Waals surface area contributed by atoms with Crippen LogP contribution in [0.15, 0.2) is 65.1 Å². The molecule has 0 bridgehead atoms. The van der Waals surface area contributed by atoms with Crippen molar-refractivity contribution in [3.05, 3.63) is 76.5 Å². The van der Waals surface area contributed by atoms with E-state index in [-0.39, 0.29) is 5.91 Å². The number of piperidine rings is 1. The van der Waals surface area contributed by atoms with Crippen LogP contribution in [0.3, 0.4) is 0 Å². The molecular weight excluding hydrogens is 419 g/mol. The van der Waals surface area contributed by atoms with E-state index in [1.54, 1.807) is 30.3 Å². The van der Waals surface area contributed by atoms with Gasteiger partial charge in [0.25, 0.3) is 0 Å². The second-order valence-electron chi connectivity index (χ2n) is 7.21. The highest BCUT2D eigenvalue weighted by Crippen LogP contribution is 2.32. The number of nitrogens with zero attached hydrogens (tertiary/aromatic N) is 1. The summed E-state index contributed by atoms with van der Waals surface area (Å²) in [5.74, 6) is 0.976. The highest BCUT2D eigenvalue weighted by molar-refractivity contribution is 6.36. The van der Waals surface area contributed by atoms with Gasteiger partial charge in [0.1, 0.15) is 11.5 Å². The molecule has 1 aliphatic heterocycles. The normalized spacial score (nSPS) is 14.3. The number of furan rings is 1. The Hall–Kier alpha value is -2.69. The summed E-state index contributed by atoms with van der Waals surface area (Å²) in [6, 6.07) is 16.8. The maximum Gasteiger partial charge on any atom is 0.248 e. The first-order valence-corrected chi connectivity index (χ1v) is 10.7. The molecule has 0 atom stereocenters. The summed E-state index contributed by atoms with van der Waals surface area (Å²) < 4.78 is 5.81. The Morgan fingerprint density at radius 3 is 2.60 bits per heavy atom. The van der Waals surface area contributed by atoms with Crippen LogP contribution in [0.4, 0.5) is 11.4 Å². The minimum Gasteiger partial charge on any atom is -0.457 e. The molecule has 6 heteroatoms. The molecule has 4 rings (SSSR count). The fourth-order valence-electron chi connectivity index (χ4n) is 3.60. The molecule has 1 fully saturated rings. The highest BCUT2D eigenvalue weighted by Gasteiger charge is 2.15. The van der Waals surface area contributed by atoms with Crippen molar-refractivity contribution in [3.63, 3.8) is 0 Å². The summed E-state index contributed by atoms with van der Waals surface area (Å²) >= 11 is 12.2. The maximum absolute atomic E-state index is 12.5. The van der Waals surface area contributed by atoms with Gasteiger partial charge in [-0.25, -0.2) is 0 Å². The summed E-state index contributed by atoms with van der Waals surface area (Å²) in [5.41, 5.74) is 2.64. The Labute approximate surface area is 186 Å². The molecule has 0 spiro atoms. The van der Waals surface area contributed by atoms with Gasteiger partial charge in [-0.1, -0.05) is 35.3 Å². The van der Waals surface area contributed by atoms with Crippen LogP contribution in [0.2, 0.25) is 10.0 Å². The summed E-state index contributed by atoms with van der Waals surface area (Å²) in [4.78, 5) is 14.8. The molecule has 1 aromatic heterocycles. The standard InChI is InChI=1S/C24H22Cl2N2O2/c25-17-8-11-19(20(26)16-17)23-12-9-18(30-23)10-13-24(29)27-21-6-2-3-7-22(21)28-14-4-1-5-15-28/h2-3,6-13,16H,1,4-5,14-15H2,(H,27,29)/b13-10+. The first-order chi connectivity index (χ1) is 14.6. The van der Waals surface area contributed by atoms with Crippen molar-refractivity contribution in [3.8, 4) is 11.3 Å². The first-order valence-electron chi connectivity index (χ1n) is 9.98. The predicted molar refractivity (Wildman–Crippen MR) is 124 cm³/mol. The second kappa shape index (κ2) is 9.41. The quantitative estimate of drug-likeness (QED) is 0.438. The van der Waals surface area contributed by atoms with E-state index in [0.29, 0.717) is 21.6 Å². The van der Waals surface area contributed by atoms with Crippen LogP contribution in [0.5, 0.6) is 0 Å². The lowest BCUT2D eigenvalue weighted by atomic mass is 10.1. The molecule has 154 valence electrons. The maximum atomic E-state index is 12.5. The van der Waals surface area contributed by atoms with E-state index >= 15 is 0 Å². The third-order valence-corrected chi connectivity index (χ3v) is 5.63. The van der Waals surface area contributed by atoms with Crippen LogP contribution in [0, 0.1) is 0 Å². The molecule has 0 aliphatic carbocycles. The van der Waals surface area contributed by atoms with Crippen molar-refractivity contribution in [1.29, 1.82) is 0 Å². The number of carbonyl (C=O) groups is 1. The van der Waals surface area contributed by atoms with Crippen LogP contribution in [0.25, 0.3) is 17.4 Å². The van der Waals surface area contributed by atoms with E-state index in [9.17, 15) is 4.79 Å². The smallest absolute Gasteiger partial charge is 0.248 e. The van der Waals surface area contributed by atoms with Gasteiger partial charge in [0, 0.05) is 29.8 Å². The van der Waals surface area contributed by atoms with E-state index in [1.165, 1.54) is 25.3 Å². The first kappa shape index (κ1) is 20.6. The molecule has 0 unspecified atom stereocenters. The minimum atomic E-state index is -0.207. The number of hydrogen-bond donors (Lipinski definition) is 1. The number of hydrogen-bond acceptors (Lipinski definition) is 3. The van der Waals surface area contributed by atoms with Crippen LogP contribution < -0.4 is 10.2 Å². The van der Waals surface area contributed by atoms with Gasteiger partial charge in [0.2, 0.25) is 5.91 Å². The van der Waals surface area contributed by atoms with Crippen LogP contribution in [-0.2, 0) is 4.79 Å². The molecule has 0 saturated carbocycles. The molecule has 2 aromatic carbocycles. The van der Waals surface area contributed by atoms with Gasteiger partial charge in [-0.15, -0.1) is 0 Å². The van der Waals surface area contributed by atoms with Gasteiger partial charge in [-0.05, 0) is 67.8 Å². The number of halogens is 2. The number of nitrogens with one attached hydrogen (secondary N) is 1. The topological polar surface area (TPSA) is 45.5 Å². The number of benzene rings is 2. The second-order valence-corrected chi connectivity index (χ2v) is 8.06. The lowest BCUT2D eigenvalue weighted by Crippen LogP contribution is -2.30. The molecule has 2 heterocycles. The molecule has 1 aliphatic rings. The Morgan fingerprint density at radius 1 is 1.00 bits per heavy atom. The third-order valence-electron chi connectivity index (χ3n) is 5.08. The molecule has 1 N–H and O–H groups in total. The van der Waals surface area contributed by atoms with Gasteiger partial charge in [0.15, 0.2) is 0 Å². The van der Waals surface area contributed by atoms with E-state index in [4.69, 9.17) is 27.6 Å². The molecular formula is C24H22Cl2N2O2. The summed E-state index contributed by atoms with van der Waals surface area (Å²) in [7, 11) is 0. The van der Waals surface area contributed by atoms with E-state index in [0.717, 1.165) is 30.0 Å². The zero-order valence-corrected chi connectivity index (χ0v) is 17.9. The molecule has 3 aromatic rings. The number of para-hydroxylation sites is 2. The largest absolute Gasteiger partial charge is 0.457 e. The van der Waals surface area contributed by atoms with Crippen molar-refractivity contribution in [2.45, 2.75) is 19.3 Å². The fourth-order valence-corrected chi connectivity index (χ4v) is 4.10. The van der Waals surface area contributed by atoms with Crippen molar-refractivity contribution in [2.75, 3.05) is 23.3 Å². The van der Waals surface area contributed by atoms with Gasteiger partial charge in [0.05, 0.1) is 16.4 Å². The number of carbonyl (C=O) groups excluding carboxylic acids is 1. The Bertz CT molecular complexity index is 1070. The number of amides is 1. The zero-order valence-electron chi connectivity index (χ0n) is 16.4. The summed E-state index contributed by atoms with van der Waals surface area (Å²) in [6.07, 6.45) is 6.74. The predicted octanol–water partition coefficient (Wildman–Crippen LogP) is 6.90. The fraction of sp³-hybridized carbons (Fsp3) is 0.208. The van der Waals surface area contributed by atoms with Crippen LogP contribution in [-0.4, -0.2) is 19.0 Å². The summed E-state index contributed by atoms with van der Waals surface area (Å²) in [6.45, 7) is 2.04. The van der Waals surface area contributed by atoms with Crippen molar-refractivity contribution < 1.29 is 9.21 Å². The Kier molecular flexibility index (Phi) is 6.46. The van der Waals surface area contributed by atoms with Gasteiger partial charge in [-0.2, -0.15) is 0 Å². The lowest BCUT2D eigenvalue weighted by molar-refractivity contribution is -0.111. The third kappa shape index (κ3) is 4.89. The number of rotatable bonds is 5. The molecule has 1 saturated heterocycles. The van der Waals surface area contributed by atoms with Crippen molar-refractivity contribution in [2.24, 2.45) is 0 Å². The average Bonchev–Trinajstić information content (AvgIpc) is 3.22. The van der Waals surface area contributed by atoms with Crippen LogP contribution in [0.1, 0.15) is 25.0 Å². The van der Waals surface area contributed by atoms with E-state index in [1.807, 2.05) is 24.3 Å². The van der Waals surface area contributed by atoms with Crippen molar-refractivity contribution >= 4 is 46.6 Å². The Balaban J connectivity index is 1.44. The van der Waals surface area contributed by atoms with Gasteiger partial charge in [-0.3, -0.25) is 4.79 Å². The van der Waals surface area contributed by atoms with E-state index in [2.05, 4.69) is 16.3 Å². The molecule has 0 radical (unpaired) electrons. The Morgan fingerprint density at radius 2 is 1.80 bits per heavy atom. The SMILES string of the molecule is O=C(/C=C/c1ccc(-c2ccc(Cl)cc2Cl)o1)Nc1ccccc1N1CCCCC1. The average molecular weight is 441 g/mol. The molecule has 4 nitrogen and oxygen atoms in total. The monoisotopic (exact) mass is 440 g/mol. The summed E-state index contributed by atoms with van der Waals surface area (Å²) in [5, 5.41) is 4.07. The number of anilines is 2. The van der Waals surface area contributed by atoms with Gasteiger partial charge >= 0.3 is 0 Å². The molecule has 30 heavy (non-hydrogen) atoms. The van der Waals surface area contributed by atoms with Gasteiger partial charge < -0.3 is 14.6 Å². The minimum absolute atomic E-state index is 0.207. The highest BCUT2D eigenvalue weighted by atomic mass is 35.5. The van der Waals surface area contributed by atoms with Crippen molar-refractivity contribution in [1.82, 2.24) is 0 Å². The van der Waals surface area contributed by atoms with E-state index < -0.39 is 0 Å². The molecule has 1 amide bonds. The van der Waals surface area contributed by atoms with Crippen LogP contribution >= 0.6 is 23.2 Å². The zero-order chi connectivity index (χ0) is 20.9. The lowest BCUT2D eigenvalue weighted by Gasteiger charge is -2.30.